The number of halogens is 1. The summed E-state index contributed by atoms with van der Waals surface area (Å²) in [5.41, 5.74) is 1.84. The Kier molecular flexibility index (Phi) is 4.79. The van der Waals surface area contributed by atoms with Crippen molar-refractivity contribution < 1.29 is 0 Å². The molecule has 110 valence electrons. The van der Waals surface area contributed by atoms with Crippen LogP contribution in [0.15, 0.2) is 28.7 Å². The maximum absolute atomic E-state index is 3.87. The molecule has 0 atom stereocenters. The van der Waals surface area contributed by atoms with Crippen molar-refractivity contribution in [1.29, 1.82) is 0 Å². The van der Waals surface area contributed by atoms with Crippen LogP contribution in [0.3, 0.4) is 0 Å². The van der Waals surface area contributed by atoms with E-state index in [0.717, 1.165) is 6.54 Å². The molecule has 0 aromatic heterocycles. The lowest BCUT2D eigenvalue weighted by Gasteiger charge is -2.40. The van der Waals surface area contributed by atoms with Crippen LogP contribution in [0.1, 0.15) is 44.1 Å². The number of benzene rings is 1. The smallest absolute Gasteiger partial charge is 0.0308 e. The van der Waals surface area contributed by atoms with E-state index in [1.54, 1.807) is 0 Å². The molecule has 0 unspecified atom stereocenters. The molecule has 3 rings (SSSR count). The van der Waals surface area contributed by atoms with Gasteiger partial charge in [0, 0.05) is 23.1 Å². The third kappa shape index (κ3) is 3.63. The van der Waals surface area contributed by atoms with E-state index >= 15 is 0 Å². The molecule has 1 aromatic rings. The van der Waals surface area contributed by atoms with E-state index in [9.17, 15) is 0 Å². The molecular formula is C17H25BrN2. The zero-order valence-electron chi connectivity index (χ0n) is 12.2. The van der Waals surface area contributed by atoms with E-state index < -0.39 is 0 Å². The first-order valence-corrected chi connectivity index (χ1v) is 8.77. The van der Waals surface area contributed by atoms with Crippen molar-refractivity contribution in [2.45, 2.75) is 50.6 Å². The molecule has 0 bridgehead atoms. The first-order valence-electron chi connectivity index (χ1n) is 7.98. The minimum atomic E-state index is 0.407. The van der Waals surface area contributed by atoms with Crippen molar-refractivity contribution in [3.63, 3.8) is 0 Å². The Hall–Kier alpha value is -0.380. The molecule has 1 aliphatic heterocycles. The van der Waals surface area contributed by atoms with E-state index in [1.165, 1.54) is 68.2 Å². The van der Waals surface area contributed by atoms with E-state index in [1.807, 2.05) is 0 Å². The molecule has 1 heterocycles. The van der Waals surface area contributed by atoms with E-state index in [-0.39, 0.29) is 0 Å². The fraction of sp³-hybridized carbons (Fsp3) is 0.647. The number of nitrogens with one attached hydrogen (secondary N) is 1. The van der Waals surface area contributed by atoms with Gasteiger partial charge < -0.3 is 5.32 Å². The molecule has 2 fully saturated rings. The van der Waals surface area contributed by atoms with E-state index in [2.05, 4.69) is 50.4 Å². The van der Waals surface area contributed by atoms with Gasteiger partial charge in [-0.1, -0.05) is 47.3 Å². The minimum absolute atomic E-state index is 0.407. The van der Waals surface area contributed by atoms with Crippen LogP contribution in [0.2, 0.25) is 0 Å². The molecule has 3 heteroatoms. The largest absolute Gasteiger partial charge is 0.310 e. The van der Waals surface area contributed by atoms with Crippen molar-refractivity contribution >= 4 is 15.9 Å². The van der Waals surface area contributed by atoms with Gasteiger partial charge in [-0.15, -0.1) is 0 Å². The number of hydrogen-bond donors (Lipinski definition) is 1. The molecule has 1 saturated carbocycles. The molecule has 1 N–H and O–H groups in total. The third-order valence-corrected chi connectivity index (χ3v) is 5.34. The second-order valence-electron chi connectivity index (χ2n) is 6.46. The highest BCUT2D eigenvalue weighted by Crippen LogP contribution is 2.30. The number of nitrogens with zero attached hydrogens (tertiary/aromatic N) is 1. The van der Waals surface area contributed by atoms with Gasteiger partial charge in [0.1, 0.15) is 0 Å². The minimum Gasteiger partial charge on any atom is -0.310 e. The van der Waals surface area contributed by atoms with E-state index in [4.69, 9.17) is 0 Å². The Morgan fingerprint density at radius 3 is 2.55 bits per heavy atom. The summed E-state index contributed by atoms with van der Waals surface area (Å²) in [4.78, 5) is 2.66. The van der Waals surface area contributed by atoms with Crippen molar-refractivity contribution in [3.8, 4) is 0 Å². The van der Waals surface area contributed by atoms with Crippen molar-refractivity contribution in [3.05, 3.63) is 34.3 Å². The van der Waals surface area contributed by atoms with Crippen molar-refractivity contribution in [2.24, 2.45) is 0 Å². The van der Waals surface area contributed by atoms with Crippen LogP contribution in [-0.4, -0.2) is 30.1 Å². The van der Waals surface area contributed by atoms with Crippen LogP contribution in [0, 0.1) is 0 Å². The Morgan fingerprint density at radius 2 is 1.80 bits per heavy atom. The monoisotopic (exact) mass is 336 g/mol. The lowest BCUT2D eigenvalue weighted by molar-refractivity contribution is 0.159. The molecule has 2 aliphatic rings. The first-order chi connectivity index (χ1) is 9.76. The fourth-order valence-electron chi connectivity index (χ4n) is 3.77. The van der Waals surface area contributed by atoms with Gasteiger partial charge in [0.15, 0.2) is 0 Å². The summed E-state index contributed by atoms with van der Waals surface area (Å²) in [6, 6.07) is 8.80. The lowest BCUT2D eigenvalue weighted by Crippen LogP contribution is -2.52. The quantitative estimate of drug-likeness (QED) is 0.879. The van der Waals surface area contributed by atoms with Gasteiger partial charge in [0.2, 0.25) is 0 Å². The standard InChI is InChI=1S/C17H25BrN2/c18-16-7-5-15(6-8-16)13-20-12-4-11-19-17(14-20)9-2-1-3-10-17/h5-8,19H,1-4,9-14H2. The number of rotatable bonds is 2. The molecule has 0 amide bonds. The summed E-state index contributed by atoms with van der Waals surface area (Å²) in [5, 5.41) is 3.87. The van der Waals surface area contributed by atoms with E-state index in [0.29, 0.717) is 5.54 Å². The summed E-state index contributed by atoms with van der Waals surface area (Å²) >= 11 is 3.52. The topological polar surface area (TPSA) is 15.3 Å². The molecule has 1 saturated heterocycles. The highest BCUT2D eigenvalue weighted by atomic mass is 79.9. The summed E-state index contributed by atoms with van der Waals surface area (Å²) in [6.45, 7) is 4.74. The molecule has 20 heavy (non-hydrogen) atoms. The maximum atomic E-state index is 3.87. The maximum Gasteiger partial charge on any atom is 0.0308 e. The molecule has 1 aliphatic carbocycles. The van der Waals surface area contributed by atoms with Crippen LogP contribution < -0.4 is 5.32 Å². The van der Waals surface area contributed by atoms with Crippen LogP contribution in [0.4, 0.5) is 0 Å². The Bertz CT molecular complexity index is 423. The SMILES string of the molecule is Brc1ccc(CN2CCCNC3(CCCCC3)C2)cc1. The van der Waals surface area contributed by atoms with Crippen molar-refractivity contribution in [1.82, 2.24) is 10.2 Å². The summed E-state index contributed by atoms with van der Waals surface area (Å²) in [5.74, 6) is 0. The molecule has 1 aromatic carbocycles. The predicted octanol–water partition coefficient (Wildman–Crippen LogP) is 3.95. The average molecular weight is 337 g/mol. The van der Waals surface area contributed by atoms with Gasteiger partial charge in [0.25, 0.3) is 0 Å². The summed E-state index contributed by atoms with van der Waals surface area (Å²) < 4.78 is 1.17. The third-order valence-electron chi connectivity index (χ3n) is 4.81. The van der Waals surface area contributed by atoms with Gasteiger partial charge in [-0.25, -0.2) is 0 Å². The second-order valence-corrected chi connectivity index (χ2v) is 7.37. The summed E-state index contributed by atoms with van der Waals surface area (Å²) in [6.07, 6.45) is 8.24. The average Bonchev–Trinajstić information content (AvgIpc) is 2.65. The summed E-state index contributed by atoms with van der Waals surface area (Å²) in [7, 11) is 0. The van der Waals surface area contributed by atoms with Gasteiger partial charge in [-0.3, -0.25) is 4.90 Å². The van der Waals surface area contributed by atoms with Crippen LogP contribution in [-0.2, 0) is 6.54 Å². The molecule has 2 nitrogen and oxygen atoms in total. The highest BCUT2D eigenvalue weighted by molar-refractivity contribution is 9.10. The van der Waals surface area contributed by atoms with Gasteiger partial charge in [-0.05, 0) is 50.0 Å². The number of hydrogen-bond acceptors (Lipinski definition) is 2. The van der Waals surface area contributed by atoms with Crippen molar-refractivity contribution in [2.75, 3.05) is 19.6 Å². The van der Waals surface area contributed by atoms with Crippen LogP contribution in [0.25, 0.3) is 0 Å². The second kappa shape index (κ2) is 6.59. The predicted molar refractivity (Wildman–Crippen MR) is 87.9 cm³/mol. The zero-order chi connectivity index (χ0) is 13.8. The Labute approximate surface area is 131 Å². The molecule has 0 radical (unpaired) electrons. The zero-order valence-corrected chi connectivity index (χ0v) is 13.8. The van der Waals surface area contributed by atoms with Gasteiger partial charge in [-0.2, -0.15) is 0 Å². The van der Waals surface area contributed by atoms with Gasteiger partial charge >= 0.3 is 0 Å². The van der Waals surface area contributed by atoms with Crippen LogP contribution in [0.5, 0.6) is 0 Å². The molecular weight excluding hydrogens is 312 g/mol. The fourth-order valence-corrected chi connectivity index (χ4v) is 4.03. The normalized spacial score (nSPS) is 23.6. The Morgan fingerprint density at radius 1 is 1.05 bits per heavy atom. The lowest BCUT2D eigenvalue weighted by atomic mass is 9.81. The Balaban J connectivity index is 1.67. The van der Waals surface area contributed by atoms with Crippen LogP contribution >= 0.6 is 15.9 Å². The highest BCUT2D eigenvalue weighted by Gasteiger charge is 2.34. The first kappa shape index (κ1) is 14.6. The van der Waals surface area contributed by atoms with Gasteiger partial charge in [0.05, 0.1) is 0 Å². The molecule has 1 spiro atoms.